The summed E-state index contributed by atoms with van der Waals surface area (Å²) >= 11 is 1.36. The number of rotatable bonds is 5. The van der Waals surface area contributed by atoms with E-state index in [2.05, 4.69) is 174 Å². The summed E-state index contributed by atoms with van der Waals surface area (Å²) in [4.78, 5) is 0. The van der Waals surface area contributed by atoms with Crippen molar-refractivity contribution in [2.45, 2.75) is 46.5 Å². The predicted octanol–water partition coefficient (Wildman–Crippen LogP) is 14.6. The van der Waals surface area contributed by atoms with Crippen LogP contribution in [0.25, 0.3) is 65.3 Å². The normalized spacial score (nSPS) is 10.7. The van der Waals surface area contributed by atoms with Crippen molar-refractivity contribution in [1.29, 1.82) is 0 Å². The third-order valence-corrected chi connectivity index (χ3v) is 9.47. The van der Waals surface area contributed by atoms with Gasteiger partial charge in [0.2, 0.25) is 0 Å². The molecule has 8 aromatic carbocycles. The average Bonchev–Trinajstić information content (AvgIpc) is 3.74. The minimum absolute atomic E-state index is 0. The first-order valence-corrected chi connectivity index (χ1v) is 20.8. The van der Waals surface area contributed by atoms with Crippen LogP contribution < -0.4 is 0 Å². The van der Waals surface area contributed by atoms with E-state index in [0.29, 0.717) is 5.92 Å². The zero-order valence-corrected chi connectivity index (χ0v) is 35.7. The summed E-state index contributed by atoms with van der Waals surface area (Å²) in [5, 5.41) is 10.7. The Bertz CT molecular complexity index is 2300. The van der Waals surface area contributed by atoms with Crippen LogP contribution in [0.2, 0.25) is 0 Å². The van der Waals surface area contributed by atoms with Gasteiger partial charge in [-0.2, -0.15) is 12.1 Å². The van der Waals surface area contributed by atoms with Crippen molar-refractivity contribution in [3.8, 4) is 22.3 Å². The van der Waals surface area contributed by atoms with Crippen LogP contribution in [-0.4, -0.2) is 6.88 Å². The van der Waals surface area contributed by atoms with Gasteiger partial charge in [0, 0.05) is 0 Å². The molecule has 262 valence electrons. The summed E-state index contributed by atoms with van der Waals surface area (Å²) in [6, 6.07) is 51.0. The third-order valence-electron chi connectivity index (χ3n) is 9.47. The topological polar surface area (TPSA) is 0 Å². The number of benzene rings is 6. The van der Waals surface area contributed by atoms with E-state index in [1.54, 1.807) is 0 Å². The van der Waals surface area contributed by atoms with Crippen molar-refractivity contribution in [3.63, 3.8) is 0 Å². The van der Waals surface area contributed by atoms with Gasteiger partial charge in [-0.3, -0.25) is 0 Å². The van der Waals surface area contributed by atoms with Crippen molar-refractivity contribution in [3.05, 3.63) is 171 Å². The molecule has 0 saturated carbocycles. The number of aryl methyl sites for hydroxylation is 2. The molecule has 0 heterocycles. The average molecular weight is 803 g/mol. The maximum absolute atomic E-state index is 3.06. The fourth-order valence-corrected chi connectivity index (χ4v) is 7.12. The molecule has 0 N–H and O–H groups in total. The first-order chi connectivity index (χ1) is 23.0. The van der Waals surface area contributed by atoms with Crippen molar-refractivity contribution in [1.82, 2.24) is 0 Å². The molecule has 0 aliphatic carbocycles. The Kier molecular flexibility index (Phi) is 17.3. The molecule has 2 radical (unpaired) electrons. The predicted molar refractivity (Wildman–Crippen MR) is 231 cm³/mol. The van der Waals surface area contributed by atoms with Gasteiger partial charge < -0.3 is 14.9 Å². The molecule has 4 heteroatoms. The van der Waals surface area contributed by atoms with Crippen molar-refractivity contribution in [2.24, 2.45) is 0 Å². The molecule has 0 fully saturated rings. The maximum atomic E-state index is 3.06. The molecule has 8 rings (SSSR count). The molecule has 0 saturated heterocycles. The first-order valence-electron chi connectivity index (χ1n) is 16.6. The Balaban J connectivity index is 0.000000316. The molecule has 0 aliphatic rings. The van der Waals surface area contributed by atoms with Gasteiger partial charge in [-0.05, 0) is 45.0 Å². The number of hydrogen-bond donors (Lipinski definition) is 0. The van der Waals surface area contributed by atoms with Crippen LogP contribution in [0, 0.1) is 28.7 Å². The molecule has 0 aromatic heterocycles. The van der Waals surface area contributed by atoms with Crippen LogP contribution in [0.3, 0.4) is 0 Å². The molecular weight excluding hydrogens is 755 g/mol. The van der Waals surface area contributed by atoms with Gasteiger partial charge >= 0.3 is 30.2 Å². The van der Waals surface area contributed by atoms with Crippen LogP contribution in [-0.2, 0) is 23.3 Å². The number of hydrogen-bond acceptors (Lipinski definition) is 0. The van der Waals surface area contributed by atoms with Gasteiger partial charge in [-0.1, -0.05) is 142 Å². The van der Waals surface area contributed by atoms with E-state index < -0.39 is 0 Å². The standard InChI is InChI=1S/C24H23.C21H17.2CH3.2ClH.Si.Zr/c1-3-8-17(2)20-15-19-11-7-14-23(24(19)16-20)22-13-6-10-18-9-4-5-12-21(18)22;1-14-12-20-15(2)10-11-19(21(20)13-14)18-9-5-7-16-6-3-4-8-17(16)18;;;;;;/h4-7,9-17H,3,8H2,1-2H3;3-13H,1-2H3;2*1H3;2*1H;;/q4*-1;;;;. The Hall–Kier alpha value is -3.26. The monoisotopic (exact) mass is 800 g/mol. The first kappa shape index (κ1) is 43.9. The zero-order valence-electron chi connectivity index (χ0n) is 30.6. The van der Waals surface area contributed by atoms with Gasteiger partial charge in [-0.15, -0.1) is 93.4 Å². The summed E-state index contributed by atoms with van der Waals surface area (Å²) in [6.45, 7) is 12.0. The van der Waals surface area contributed by atoms with E-state index in [-0.39, 0.29) is 39.7 Å². The van der Waals surface area contributed by atoms with Crippen LogP contribution >= 0.6 is 24.8 Å². The van der Waals surface area contributed by atoms with Gasteiger partial charge in [0.1, 0.15) is 0 Å². The summed E-state index contributed by atoms with van der Waals surface area (Å²) < 4.78 is 0. The SMILES string of the molecule is CCCC(C)c1cc2c(-c3cccc4ccccc34)cccc2[cH-]1.Cc1cc2c(-c3cccc4ccccc34)ccc(C)c2[cH-]1.Cl.Cl.[CH3-].[CH3-].[Si]=[Zr]. The van der Waals surface area contributed by atoms with Gasteiger partial charge in [-0.25, -0.2) is 0 Å². The van der Waals surface area contributed by atoms with E-state index >= 15 is 0 Å². The van der Waals surface area contributed by atoms with E-state index in [9.17, 15) is 0 Å². The third kappa shape index (κ3) is 9.22. The second-order valence-corrected chi connectivity index (χ2v) is 12.6. The second-order valence-electron chi connectivity index (χ2n) is 12.6. The Morgan fingerprint density at radius 1 is 0.569 bits per heavy atom. The quantitative estimate of drug-likeness (QED) is 0.120. The van der Waals surface area contributed by atoms with Gasteiger partial charge in [0.05, 0.1) is 0 Å². The summed E-state index contributed by atoms with van der Waals surface area (Å²) in [6.07, 6.45) is 2.48. The molecule has 0 spiro atoms. The zero-order chi connectivity index (χ0) is 32.9. The van der Waals surface area contributed by atoms with E-state index in [1.165, 1.54) is 118 Å². The second kappa shape index (κ2) is 20.1. The van der Waals surface area contributed by atoms with Crippen molar-refractivity contribution < 1.29 is 23.3 Å². The van der Waals surface area contributed by atoms with E-state index in [1.807, 2.05) is 0 Å². The Morgan fingerprint density at radius 2 is 1.06 bits per heavy atom. The molecule has 8 aromatic rings. The summed E-state index contributed by atoms with van der Waals surface area (Å²) in [7, 11) is 0. The molecule has 0 amide bonds. The van der Waals surface area contributed by atoms with Crippen LogP contribution in [0.5, 0.6) is 0 Å². The van der Waals surface area contributed by atoms with Gasteiger partial charge in [0.15, 0.2) is 0 Å². The van der Waals surface area contributed by atoms with Crippen LogP contribution in [0.1, 0.15) is 49.3 Å². The fraction of sp³-hybridized carbons (Fsp3) is 0.149. The number of halogens is 2. The van der Waals surface area contributed by atoms with Crippen LogP contribution in [0.15, 0.2) is 140 Å². The van der Waals surface area contributed by atoms with Crippen molar-refractivity contribution in [2.75, 3.05) is 0 Å². The molecule has 51 heavy (non-hydrogen) atoms. The molecular formula is C47H48Cl2SiZr-4. The van der Waals surface area contributed by atoms with Crippen LogP contribution in [0.4, 0.5) is 0 Å². The number of fused-ring (bicyclic) bond motifs is 4. The van der Waals surface area contributed by atoms with E-state index in [4.69, 9.17) is 0 Å². The molecule has 0 nitrogen and oxygen atoms in total. The molecule has 1 atom stereocenters. The van der Waals surface area contributed by atoms with Gasteiger partial charge in [0.25, 0.3) is 0 Å². The molecule has 0 bridgehead atoms. The minimum atomic E-state index is 0. The molecule has 1 unspecified atom stereocenters. The summed E-state index contributed by atoms with van der Waals surface area (Å²) in [5.74, 6) is 0.628. The molecule has 0 aliphatic heterocycles. The summed E-state index contributed by atoms with van der Waals surface area (Å²) in [5.41, 5.74) is 9.49. The van der Waals surface area contributed by atoms with Crippen molar-refractivity contribution >= 4 is 74.8 Å². The fourth-order valence-electron chi connectivity index (χ4n) is 7.12. The Labute approximate surface area is 335 Å². The Morgan fingerprint density at radius 3 is 1.63 bits per heavy atom. The van der Waals surface area contributed by atoms with E-state index in [0.717, 1.165) is 0 Å².